The Labute approximate surface area is 113 Å². The Balaban J connectivity index is 2.24. The van der Waals surface area contributed by atoms with Crippen LogP contribution >= 0.6 is 0 Å². The number of nitrogens with two attached hydrogens (primary N) is 1. The molecule has 0 atom stereocenters. The molecular formula is C16H19FN2. The molecule has 0 saturated carbocycles. The molecule has 0 aliphatic rings. The predicted molar refractivity (Wildman–Crippen MR) is 78.6 cm³/mol. The predicted octanol–water partition coefficient (Wildman–Crippen LogP) is 3.82. The van der Waals surface area contributed by atoms with E-state index in [1.165, 1.54) is 17.7 Å². The molecule has 3 heteroatoms. The second-order valence-electron chi connectivity index (χ2n) is 4.65. The minimum absolute atomic E-state index is 0.288. The maximum absolute atomic E-state index is 13.5. The highest BCUT2D eigenvalue weighted by molar-refractivity contribution is 5.56. The van der Waals surface area contributed by atoms with Gasteiger partial charge in [-0.05, 0) is 30.2 Å². The molecule has 19 heavy (non-hydrogen) atoms. The first-order valence-electron chi connectivity index (χ1n) is 6.54. The summed E-state index contributed by atoms with van der Waals surface area (Å²) >= 11 is 0. The van der Waals surface area contributed by atoms with Gasteiger partial charge < -0.3 is 10.6 Å². The molecule has 2 rings (SSSR count). The largest absolute Gasteiger partial charge is 0.399 e. The van der Waals surface area contributed by atoms with E-state index in [1.807, 2.05) is 24.3 Å². The van der Waals surface area contributed by atoms with Crippen LogP contribution in [0.4, 0.5) is 15.8 Å². The van der Waals surface area contributed by atoms with E-state index in [0.717, 1.165) is 25.2 Å². The van der Waals surface area contributed by atoms with Crippen molar-refractivity contribution in [3.63, 3.8) is 0 Å². The molecule has 100 valence electrons. The van der Waals surface area contributed by atoms with Crippen LogP contribution in [0, 0.1) is 5.82 Å². The summed E-state index contributed by atoms with van der Waals surface area (Å²) in [5, 5.41) is 0. The topological polar surface area (TPSA) is 29.3 Å². The molecule has 2 aromatic carbocycles. The number of nitrogen functional groups attached to an aromatic ring is 1. The zero-order valence-corrected chi connectivity index (χ0v) is 11.1. The van der Waals surface area contributed by atoms with Crippen molar-refractivity contribution in [3.8, 4) is 0 Å². The van der Waals surface area contributed by atoms with Gasteiger partial charge in [0, 0.05) is 24.5 Å². The molecule has 0 aliphatic heterocycles. The molecule has 0 saturated heterocycles. The molecule has 0 amide bonds. The first-order valence-corrected chi connectivity index (χ1v) is 6.54. The second-order valence-corrected chi connectivity index (χ2v) is 4.65. The van der Waals surface area contributed by atoms with E-state index in [4.69, 9.17) is 5.73 Å². The van der Waals surface area contributed by atoms with Gasteiger partial charge >= 0.3 is 0 Å². The molecule has 0 radical (unpaired) electrons. The van der Waals surface area contributed by atoms with E-state index < -0.39 is 0 Å². The van der Waals surface area contributed by atoms with Gasteiger partial charge in [0.2, 0.25) is 0 Å². The fourth-order valence-corrected chi connectivity index (χ4v) is 2.15. The van der Waals surface area contributed by atoms with Crippen LogP contribution in [-0.2, 0) is 6.54 Å². The van der Waals surface area contributed by atoms with Crippen molar-refractivity contribution in [2.45, 2.75) is 19.9 Å². The lowest BCUT2D eigenvalue weighted by molar-refractivity contribution is 0.626. The Morgan fingerprint density at radius 2 is 1.84 bits per heavy atom. The van der Waals surface area contributed by atoms with Crippen LogP contribution < -0.4 is 10.6 Å². The van der Waals surface area contributed by atoms with Gasteiger partial charge in [-0.2, -0.15) is 0 Å². The van der Waals surface area contributed by atoms with Crippen molar-refractivity contribution >= 4 is 11.4 Å². The quantitative estimate of drug-likeness (QED) is 0.826. The number of benzene rings is 2. The number of hydrogen-bond acceptors (Lipinski definition) is 2. The maximum atomic E-state index is 13.5. The first kappa shape index (κ1) is 13.4. The zero-order valence-electron chi connectivity index (χ0n) is 11.1. The Kier molecular flexibility index (Phi) is 4.39. The van der Waals surface area contributed by atoms with Gasteiger partial charge in [-0.3, -0.25) is 0 Å². The van der Waals surface area contributed by atoms with Gasteiger partial charge in [-0.25, -0.2) is 4.39 Å². The summed E-state index contributed by atoms with van der Waals surface area (Å²) in [4.78, 5) is 2.15. The van der Waals surface area contributed by atoms with Crippen molar-refractivity contribution in [1.82, 2.24) is 0 Å². The molecule has 0 unspecified atom stereocenters. The van der Waals surface area contributed by atoms with Crippen LogP contribution in [0.25, 0.3) is 0 Å². The molecule has 2 aromatic rings. The van der Waals surface area contributed by atoms with Crippen LogP contribution in [0.1, 0.15) is 18.9 Å². The molecule has 0 fully saturated rings. The third-order valence-corrected chi connectivity index (χ3v) is 2.98. The fourth-order valence-electron chi connectivity index (χ4n) is 2.15. The highest BCUT2D eigenvalue weighted by atomic mass is 19.1. The lowest BCUT2D eigenvalue weighted by atomic mass is 10.2. The Morgan fingerprint density at radius 1 is 1.11 bits per heavy atom. The summed E-state index contributed by atoms with van der Waals surface area (Å²) in [6.45, 7) is 3.75. The average Bonchev–Trinajstić information content (AvgIpc) is 2.38. The Morgan fingerprint density at radius 3 is 2.47 bits per heavy atom. The number of rotatable bonds is 5. The van der Waals surface area contributed by atoms with Crippen molar-refractivity contribution in [3.05, 3.63) is 59.9 Å². The molecule has 0 aliphatic carbocycles. The van der Waals surface area contributed by atoms with Gasteiger partial charge in [0.15, 0.2) is 0 Å². The maximum Gasteiger partial charge on any atom is 0.127 e. The van der Waals surface area contributed by atoms with E-state index >= 15 is 0 Å². The monoisotopic (exact) mass is 258 g/mol. The normalized spacial score (nSPS) is 10.4. The highest BCUT2D eigenvalue weighted by Crippen LogP contribution is 2.22. The summed E-state index contributed by atoms with van der Waals surface area (Å²) in [5.74, 6) is -0.288. The molecule has 0 heterocycles. The molecule has 0 bridgehead atoms. The zero-order chi connectivity index (χ0) is 13.7. The number of nitrogens with zero attached hydrogens (tertiary/aromatic N) is 1. The summed E-state index contributed by atoms with van der Waals surface area (Å²) in [5.41, 5.74) is 8.23. The Hall–Kier alpha value is -2.03. The second kappa shape index (κ2) is 6.23. The van der Waals surface area contributed by atoms with Gasteiger partial charge in [0.05, 0.1) is 0 Å². The van der Waals surface area contributed by atoms with Crippen molar-refractivity contribution in [2.24, 2.45) is 0 Å². The van der Waals surface area contributed by atoms with Crippen LogP contribution in [-0.4, -0.2) is 6.54 Å². The van der Waals surface area contributed by atoms with Gasteiger partial charge in [0.1, 0.15) is 5.82 Å². The van der Waals surface area contributed by atoms with Crippen molar-refractivity contribution in [2.75, 3.05) is 17.2 Å². The van der Waals surface area contributed by atoms with Crippen LogP contribution in [0.15, 0.2) is 48.5 Å². The number of halogens is 1. The molecule has 2 nitrogen and oxygen atoms in total. The summed E-state index contributed by atoms with van der Waals surface area (Å²) < 4.78 is 13.5. The van der Waals surface area contributed by atoms with E-state index in [0.29, 0.717) is 5.69 Å². The Bertz CT molecular complexity index is 505. The SMILES string of the molecule is CCCN(Cc1ccccc1)c1cc(N)cc(F)c1. The van der Waals surface area contributed by atoms with Crippen molar-refractivity contribution in [1.29, 1.82) is 0 Å². The summed E-state index contributed by atoms with van der Waals surface area (Å²) in [6, 6.07) is 14.9. The molecule has 0 spiro atoms. The van der Waals surface area contributed by atoms with Crippen LogP contribution in [0.2, 0.25) is 0 Å². The summed E-state index contributed by atoms with van der Waals surface area (Å²) in [7, 11) is 0. The van der Waals surface area contributed by atoms with E-state index in [1.54, 1.807) is 0 Å². The van der Waals surface area contributed by atoms with Gasteiger partial charge in [0.25, 0.3) is 0 Å². The van der Waals surface area contributed by atoms with Crippen molar-refractivity contribution < 1.29 is 4.39 Å². The van der Waals surface area contributed by atoms with E-state index in [-0.39, 0.29) is 5.82 Å². The first-order chi connectivity index (χ1) is 9.19. The lowest BCUT2D eigenvalue weighted by Gasteiger charge is -2.25. The lowest BCUT2D eigenvalue weighted by Crippen LogP contribution is -2.23. The number of hydrogen-bond donors (Lipinski definition) is 1. The third-order valence-electron chi connectivity index (χ3n) is 2.98. The van der Waals surface area contributed by atoms with Gasteiger partial charge in [-0.15, -0.1) is 0 Å². The molecule has 2 N–H and O–H groups in total. The van der Waals surface area contributed by atoms with Crippen LogP contribution in [0.3, 0.4) is 0 Å². The number of anilines is 2. The van der Waals surface area contributed by atoms with E-state index in [2.05, 4.69) is 24.0 Å². The standard InChI is InChI=1S/C16H19FN2/c1-2-8-19(12-13-6-4-3-5-7-13)16-10-14(17)9-15(18)11-16/h3-7,9-11H,2,8,12,18H2,1H3. The minimum atomic E-state index is -0.288. The van der Waals surface area contributed by atoms with Crippen LogP contribution in [0.5, 0.6) is 0 Å². The smallest absolute Gasteiger partial charge is 0.127 e. The van der Waals surface area contributed by atoms with Gasteiger partial charge in [-0.1, -0.05) is 37.3 Å². The average molecular weight is 258 g/mol. The molecular weight excluding hydrogens is 239 g/mol. The molecule has 0 aromatic heterocycles. The third kappa shape index (κ3) is 3.71. The highest BCUT2D eigenvalue weighted by Gasteiger charge is 2.08. The minimum Gasteiger partial charge on any atom is -0.399 e. The summed E-state index contributed by atoms with van der Waals surface area (Å²) in [6.07, 6.45) is 1.00. The van der Waals surface area contributed by atoms with E-state index in [9.17, 15) is 4.39 Å². The fraction of sp³-hybridized carbons (Fsp3) is 0.250.